The van der Waals surface area contributed by atoms with Gasteiger partial charge in [0.2, 0.25) is 5.91 Å². The number of fused-ring (bicyclic) bond motifs is 1. The first-order valence-corrected chi connectivity index (χ1v) is 9.40. The Morgan fingerprint density at radius 2 is 1.89 bits per heavy atom. The summed E-state index contributed by atoms with van der Waals surface area (Å²) in [6, 6.07) is 7.34. The van der Waals surface area contributed by atoms with Gasteiger partial charge in [0.1, 0.15) is 13.2 Å². The molecule has 142 valence electrons. The molecule has 4 rings (SSSR count). The Morgan fingerprint density at radius 1 is 1.19 bits per heavy atom. The van der Waals surface area contributed by atoms with Crippen LogP contribution >= 0.6 is 11.6 Å². The lowest BCUT2D eigenvalue weighted by molar-refractivity contribution is -0.129. The molecule has 1 N–H and O–H groups in total. The van der Waals surface area contributed by atoms with Crippen LogP contribution in [0.25, 0.3) is 0 Å². The van der Waals surface area contributed by atoms with E-state index in [9.17, 15) is 9.90 Å². The standard InChI is InChI=1S/C20H21ClN2O4/c21-16-10-19-18(26-5-6-27-19)8-14(16)9-20(25)23-11-15(17(24)12-23)7-13-1-3-22-4-2-13/h1-4,8,10,15,17,24H,5-7,9,11-12H2/t15-,17-/m1/s1. The number of aromatic nitrogens is 1. The number of benzene rings is 1. The van der Waals surface area contributed by atoms with Crippen molar-refractivity contribution in [3.05, 3.63) is 52.8 Å². The van der Waals surface area contributed by atoms with Crippen molar-refractivity contribution in [2.45, 2.75) is 18.9 Å². The smallest absolute Gasteiger partial charge is 0.227 e. The summed E-state index contributed by atoms with van der Waals surface area (Å²) in [7, 11) is 0. The highest BCUT2D eigenvalue weighted by Crippen LogP contribution is 2.36. The number of amides is 1. The van der Waals surface area contributed by atoms with Crippen molar-refractivity contribution >= 4 is 17.5 Å². The SMILES string of the molecule is O=C(Cc1cc2c(cc1Cl)OCCO2)N1C[C@@H](Cc2ccncc2)[C@H](O)C1. The Balaban J connectivity index is 1.42. The lowest BCUT2D eigenvalue weighted by atomic mass is 9.97. The molecular weight excluding hydrogens is 368 g/mol. The number of likely N-dealkylation sites (tertiary alicyclic amines) is 1. The van der Waals surface area contributed by atoms with Gasteiger partial charge in [0, 0.05) is 42.5 Å². The second kappa shape index (κ2) is 7.74. The van der Waals surface area contributed by atoms with Gasteiger partial charge in [0.15, 0.2) is 11.5 Å². The molecule has 7 heteroatoms. The summed E-state index contributed by atoms with van der Waals surface area (Å²) >= 11 is 6.32. The summed E-state index contributed by atoms with van der Waals surface area (Å²) in [5.74, 6) is 1.19. The van der Waals surface area contributed by atoms with Gasteiger partial charge in [-0.15, -0.1) is 0 Å². The van der Waals surface area contributed by atoms with Crippen LogP contribution in [0.2, 0.25) is 5.02 Å². The Morgan fingerprint density at radius 3 is 2.63 bits per heavy atom. The highest BCUT2D eigenvalue weighted by molar-refractivity contribution is 6.31. The molecule has 1 aromatic carbocycles. The zero-order valence-corrected chi connectivity index (χ0v) is 15.6. The molecule has 1 amide bonds. The van der Waals surface area contributed by atoms with Crippen molar-refractivity contribution in [2.24, 2.45) is 5.92 Å². The molecule has 1 saturated heterocycles. The first-order chi connectivity index (χ1) is 13.1. The van der Waals surface area contributed by atoms with Crippen LogP contribution < -0.4 is 9.47 Å². The number of halogens is 1. The van der Waals surface area contributed by atoms with E-state index in [0.29, 0.717) is 48.4 Å². The third-order valence-corrected chi connectivity index (χ3v) is 5.41. The van der Waals surface area contributed by atoms with Crippen LogP contribution in [0.5, 0.6) is 11.5 Å². The number of aliphatic hydroxyl groups excluding tert-OH is 1. The zero-order chi connectivity index (χ0) is 18.8. The van der Waals surface area contributed by atoms with Gasteiger partial charge in [-0.2, -0.15) is 0 Å². The Kier molecular flexibility index (Phi) is 5.18. The first kappa shape index (κ1) is 18.1. The largest absolute Gasteiger partial charge is 0.486 e. The van der Waals surface area contributed by atoms with E-state index < -0.39 is 6.10 Å². The van der Waals surface area contributed by atoms with E-state index in [2.05, 4.69) is 4.98 Å². The Bertz CT molecular complexity index is 830. The van der Waals surface area contributed by atoms with Crippen molar-refractivity contribution in [2.75, 3.05) is 26.3 Å². The number of carbonyl (C=O) groups is 1. The average molecular weight is 389 g/mol. The molecule has 3 heterocycles. The molecule has 27 heavy (non-hydrogen) atoms. The summed E-state index contributed by atoms with van der Waals surface area (Å²) in [5, 5.41) is 10.9. The number of nitrogens with zero attached hydrogens (tertiary/aromatic N) is 2. The van der Waals surface area contributed by atoms with Crippen molar-refractivity contribution < 1.29 is 19.4 Å². The Hall–Kier alpha value is -2.31. The maximum absolute atomic E-state index is 12.8. The normalized spacial score (nSPS) is 21.3. The molecule has 2 aromatic rings. The summed E-state index contributed by atoms with van der Waals surface area (Å²) in [6.07, 6.45) is 3.84. The number of ether oxygens (including phenoxy) is 2. The average Bonchev–Trinajstić information content (AvgIpc) is 3.04. The Labute approximate surface area is 162 Å². The third-order valence-electron chi connectivity index (χ3n) is 5.06. The number of hydrogen-bond acceptors (Lipinski definition) is 5. The summed E-state index contributed by atoms with van der Waals surface area (Å²) < 4.78 is 11.1. The molecule has 0 radical (unpaired) electrons. The van der Waals surface area contributed by atoms with Gasteiger partial charge in [0.25, 0.3) is 0 Å². The fourth-order valence-electron chi connectivity index (χ4n) is 3.60. The van der Waals surface area contributed by atoms with Crippen LogP contribution in [-0.4, -0.2) is 53.3 Å². The number of rotatable bonds is 4. The van der Waals surface area contributed by atoms with E-state index in [4.69, 9.17) is 21.1 Å². The van der Waals surface area contributed by atoms with E-state index in [0.717, 1.165) is 12.0 Å². The lowest BCUT2D eigenvalue weighted by Gasteiger charge is -2.21. The first-order valence-electron chi connectivity index (χ1n) is 9.03. The summed E-state index contributed by atoms with van der Waals surface area (Å²) in [6.45, 7) is 1.85. The van der Waals surface area contributed by atoms with Crippen LogP contribution in [0.4, 0.5) is 0 Å². The minimum atomic E-state index is -0.530. The van der Waals surface area contributed by atoms with Crippen LogP contribution in [0, 0.1) is 5.92 Å². The quantitative estimate of drug-likeness (QED) is 0.868. The molecule has 6 nitrogen and oxygen atoms in total. The zero-order valence-electron chi connectivity index (χ0n) is 14.8. The molecule has 0 saturated carbocycles. The predicted molar refractivity (Wildman–Crippen MR) is 100 cm³/mol. The molecule has 0 spiro atoms. The van der Waals surface area contributed by atoms with Crippen molar-refractivity contribution in [1.82, 2.24) is 9.88 Å². The van der Waals surface area contributed by atoms with Crippen LogP contribution in [0.1, 0.15) is 11.1 Å². The topological polar surface area (TPSA) is 71.9 Å². The van der Waals surface area contributed by atoms with Gasteiger partial charge in [-0.25, -0.2) is 0 Å². The maximum atomic E-state index is 12.8. The number of carbonyl (C=O) groups excluding carboxylic acids is 1. The van der Waals surface area contributed by atoms with Crippen molar-refractivity contribution in [3.63, 3.8) is 0 Å². The van der Waals surface area contributed by atoms with Crippen LogP contribution in [-0.2, 0) is 17.6 Å². The molecule has 0 aliphatic carbocycles. The molecule has 2 aliphatic rings. The molecule has 2 aliphatic heterocycles. The van der Waals surface area contributed by atoms with Crippen LogP contribution in [0.15, 0.2) is 36.7 Å². The van der Waals surface area contributed by atoms with Crippen molar-refractivity contribution in [3.8, 4) is 11.5 Å². The van der Waals surface area contributed by atoms with Gasteiger partial charge in [0.05, 0.1) is 12.5 Å². The molecule has 0 unspecified atom stereocenters. The fourth-order valence-corrected chi connectivity index (χ4v) is 3.82. The number of β-amino-alcohol motifs (C(OH)–C–C–N with tert-alkyl or cyclic N) is 1. The predicted octanol–water partition coefficient (Wildman–Crippen LogP) is 2.11. The van der Waals surface area contributed by atoms with Gasteiger partial charge in [-0.1, -0.05) is 11.6 Å². The lowest BCUT2D eigenvalue weighted by Crippen LogP contribution is -2.31. The molecular formula is C20H21ClN2O4. The van der Waals surface area contributed by atoms with Gasteiger partial charge < -0.3 is 19.5 Å². The van der Waals surface area contributed by atoms with Gasteiger partial charge >= 0.3 is 0 Å². The van der Waals surface area contributed by atoms with Crippen molar-refractivity contribution in [1.29, 1.82) is 0 Å². The number of aliphatic hydroxyl groups is 1. The highest BCUT2D eigenvalue weighted by Gasteiger charge is 2.34. The fraction of sp³-hybridized carbons (Fsp3) is 0.400. The number of hydrogen-bond donors (Lipinski definition) is 1. The summed E-state index contributed by atoms with van der Waals surface area (Å²) in [4.78, 5) is 18.5. The number of pyridine rings is 1. The second-order valence-corrected chi connectivity index (χ2v) is 7.36. The maximum Gasteiger partial charge on any atom is 0.227 e. The molecule has 2 atom stereocenters. The van der Waals surface area contributed by atoms with E-state index in [-0.39, 0.29) is 18.2 Å². The van der Waals surface area contributed by atoms with E-state index in [1.165, 1.54) is 0 Å². The van der Waals surface area contributed by atoms with E-state index in [1.54, 1.807) is 29.4 Å². The van der Waals surface area contributed by atoms with E-state index >= 15 is 0 Å². The summed E-state index contributed by atoms with van der Waals surface area (Å²) in [5.41, 5.74) is 1.82. The molecule has 1 aromatic heterocycles. The van der Waals surface area contributed by atoms with Gasteiger partial charge in [-0.3, -0.25) is 9.78 Å². The third kappa shape index (κ3) is 4.01. The minimum absolute atomic E-state index is 0.0205. The molecule has 1 fully saturated rings. The monoisotopic (exact) mass is 388 g/mol. The van der Waals surface area contributed by atoms with E-state index in [1.807, 2.05) is 12.1 Å². The van der Waals surface area contributed by atoms with Crippen LogP contribution in [0.3, 0.4) is 0 Å². The minimum Gasteiger partial charge on any atom is -0.486 e. The highest BCUT2D eigenvalue weighted by atomic mass is 35.5. The molecule has 0 bridgehead atoms. The second-order valence-electron chi connectivity index (χ2n) is 6.95. The van der Waals surface area contributed by atoms with Gasteiger partial charge in [-0.05, 0) is 35.7 Å².